The number of nitrogens with zero attached hydrogens (tertiary/aromatic N) is 1. The molecule has 0 bridgehead atoms. The molecule has 0 unspecified atom stereocenters. The second kappa shape index (κ2) is 3.98. The van der Waals surface area contributed by atoms with E-state index in [9.17, 15) is 18.0 Å². The molecule has 1 aromatic rings. The topological polar surface area (TPSA) is 40.5 Å². The van der Waals surface area contributed by atoms with Crippen LogP contribution in [0.25, 0.3) is 0 Å². The summed E-state index contributed by atoms with van der Waals surface area (Å²) in [6, 6.07) is 4.31. The lowest BCUT2D eigenvalue weighted by molar-refractivity contribution is -0.123. The summed E-state index contributed by atoms with van der Waals surface area (Å²) in [5.41, 5.74) is -0.501. The molecule has 1 rings (SSSR count). The number of alkyl halides is 3. The van der Waals surface area contributed by atoms with Crippen LogP contribution in [0, 0.1) is 0 Å². The Balaban J connectivity index is 3.11. The molecule has 0 aliphatic heterocycles. The van der Waals surface area contributed by atoms with Crippen LogP contribution in [0.15, 0.2) is 24.3 Å². The molecule has 0 atom stereocenters. The summed E-state index contributed by atoms with van der Waals surface area (Å²) in [4.78, 5) is 9.71. The van der Waals surface area contributed by atoms with Gasteiger partial charge in [0.05, 0.1) is 5.69 Å². The van der Waals surface area contributed by atoms with Gasteiger partial charge in [-0.25, -0.2) is 4.79 Å². The van der Waals surface area contributed by atoms with Crippen molar-refractivity contribution < 1.29 is 23.1 Å². The maximum absolute atomic E-state index is 12.3. The molecule has 0 aliphatic rings. The minimum atomic E-state index is -4.97. The number of halogens is 4. The molecule has 82 valence electrons. The Bertz CT molecular complexity index is 363. The number of carboxylic acid groups (broad SMARTS) is 1. The molecule has 15 heavy (non-hydrogen) atoms. The molecule has 0 fully saturated rings. The summed E-state index contributed by atoms with van der Waals surface area (Å²) in [6.45, 7) is 0. The van der Waals surface area contributed by atoms with Gasteiger partial charge >= 0.3 is 12.4 Å². The quantitative estimate of drug-likeness (QED) is 0.764. The predicted molar refractivity (Wildman–Crippen MR) is 48.0 cm³/mol. The molecule has 0 spiro atoms. The Labute approximate surface area is 87.7 Å². The number of amides is 1. The van der Waals surface area contributed by atoms with Gasteiger partial charge in [-0.3, -0.25) is 0 Å². The van der Waals surface area contributed by atoms with E-state index < -0.39 is 23.0 Å². The Morgan fingerprint density at radius 1 is 1.27 bits per heavy atom. The second-order valence-electron chi connectivity index (χ2n) is 2.56. The highest BCUT2D eigenvalue weighted by Crippen LogP contribution is 2.29. The number of anilines is 1. The SMILES string of the molecule is O=C(O)N(c1ccc(Cl)cc1)C(F)(F)F. The van der Waals surface area contributed by atoms with Gasteiger partial charge in [0.2, 0.25) is 0 Å². The largest absolute Gasteiger partial charge is 0.494 e. The maximum atomic E-state index is 12.3. The first-order valence-electron chi connectivity index (χ1n) is 3.68. The van der Waals surface area contributed by atoms with E-state index in [1.54, 1.807) is 0 Å². The highest BCUT2D eigenvalue weighted by Gasteiger charge is 2.42. The summed E-state index contributed by atoms with van der Waals surface area (Å²) in [7, 11) is 0. The summed E-state index contributed by atoms with van der Waals surface area (Å²) >= 11 is 5.46. The highest BCUT2D eigenvalue weighted by atomic mass is 35.5. The van der Waals surface area contributed by atoms with Gasteiger partial charge in [0, 0.05) is 5.02 Å². The summed E-state index contributed by atoms with van der Waals surface area (Å²) in [5.74, 6) is 0. The van der Waals surface area contributed by atoms with Crippen molar-refractivity contribution in [2.75, 3.05) is 4.90 Å². The molecule has 1 N–H and O–H groups in total. The van der Waals surface area contributed by atoms with Crippen molar-refractivity contribution in [3.8, 4) is 0 Å². The summed E-state index contributed by atoms with van der Waals surface area (Å²) in [5, 5.41) is 8.63. The fourth-order valence-corrected chi connectivity index (χ4v) is 1.08. The van der Waals surface area contributed by atoms with Crippen molar-refractivity contribution >= 4 is 23.4 Å². The third-order valence-corrected chi connectivity index (χ3v) is 1.78. The molecular weight excluding hydrogens is 235 g/mol. The van der Waals surface area contributed by atoms with Gasteiger partial charge in [-0.2, -0.15) is 4.90 Å². The van der Waals surface area contributed by atoms with Crippen LogP contribution in [0.5, 0.6) is 0 Å². The Hall–Kier alpha value is -1.43. The lowest BCUT2D eigenvalue weighted by Gasteiger charge is -2.21. The number of hydrogen-bond acceptors (Lipinski definition) is 1. The molecule has 1 amide bonds. The standard InChI is InChI=1S/C8H5ClF3NO2/c9-5-1-3-6(4-2-5)13(7(14)15)8(10,11)12/h1-4H,(H,14,15). The zero-order valence-electron chi connectivity index (χ0n) is 7.12. The summed E-state index contributed by atoms with van der Waals surface area (Å²) in [6.07, 6.45) is -7.07. The van der Waals surface area contributed by atoms with Gasteiger partial charge in [-0.15, -0.1) is 13.2 Å². The van der Waals surface area contributed by atoms with Crippen molar-refractivity contribution in [2.24, 2.45) is 0 Å². The van der Waals surface area contributed by atoms with Crippen LogP contribution in [0.1, 0.15) is 0 Å². The smallest absolute Gasteiger partial charge is 0.464 e. The maximum Gasteiger partial charge on any atom is 0.494 e. The molecule has 0 saturated heterocycles. The molecule has 0 aliphatic carbocycles. The van der Waals surface area contributed by atoms with E-state index in [-0.39, 0.29) is 5.02 Å². The average molecular weight is 240 g/mol. The van der Waals surface area contributed by atoms with Crippen LogP contribution in [-0.2, 0) is 0 Å². The fraction of sp³-hybridized carbons (Fsp3) is 0.125. The normalized spacial score (nSPS) is 11.2. The molecule has 1 aromatic carbocycles. The monoisotopic (exact) mass is 239 g/mol. The minimum absolute atomic E-state index is 0.228. The lowest BCUT2D eigenvalue weighted by Crippen LogP contribution is -2.42. The van der Waals surface area contributed by atoms with Crippen LogP contribution in [0.4, 0.5) is 23.7 Å². The van der Waals surface area contributed by atoms with Gasteiger partial charge in [0.15, 0.2) is 0 Å². The number of benzene rings is 1. The van der Waals surface area contributed by atoms with Crippen LogP contribution < -0.4 is 4.90 Å². The van der Waals surface area contributed by atoms with E-state index in [0.717, 1.165) is 12.1 Å². The Morgan fingerprint density at radius 2 is 1.73 bits per heavy atom. The van der Waals surface area contributed by atoms with E-state index in [2.05, 4.69) is 0 Å². The van der Waals surface area contributed by atoms with Gasteiger partial charge in [-0.05, 0) is 24.3 Å². The Morgan fingerprint density at radius 3 is 2.07 bits per heavy atom. The molecule has 7 heteroatoms. The van der Waals surface area contributed by atoms with Gasteiger partial charge in [0.25, 0.3) is 0 Å². The number of carbonyl (C=O) groups is 1. The van der Waals surface area contributed by atoms with Gasteiger partial charge in [-0.1, -0.05) is 11.6 Å². The second-order valence-corrected chi connectivity index (χ2v) is 3.00. The highest BCUT2D eigenvalue weighted by molar-refractivity contribution is 6.30. The van der Waals surface area contributed by atoms with E-state index in [0.29, 0.717) is 0 Å². The van der Waals surface area contributed by atoms with Crippen LogP contribution in [0.3, 0.4) is 0 Å². The average Bonchev–Trinajstić information content (AvgIpc) is 2.05. The zero-order chi connectivity index (χ0) is 11.6. The first kappa shape index (κ1) is 11.6. The first-order chi connectivity index (χ1) is 6.82. The van der Waals surface area contributed by atoms with Gasteiger partial charge < -0.3 is 5.11 Å². The molecular formula is C8H5ClF3NO2. The van der Waals surface area contributed by atoms with E-state index in [1.165, 1.54) is 12.1 Å². The lowest BCUT2D eigenvalue weighted by atomic mass is 10.3. The molecule has 0 heterocycles. The van der Waals surface area contributed by atoms with Crippen LogP contribution in [0.2, 0.25) is 5.02 Å². The molecule has 3 nitrogen and oxygen atoms in total. The fourth-order valence-electron chi connectivity index (χ4n) is 0.955. The van der Waals surface area contributed by atoms with Crippen LogP contribution in [-0.4, -0.2) is 17.5 Å². The van der Waals surface area contributed by atoms with Gasteiger partial charge in [0.1, 0.15) is 0 Å². The first-order valence-corrected chi connectivity index (χ1v) is 4.05. The Kier molecular flexibility index (Phi) is 3.09. The van der Waals surface area contributed by atoms with Crippen molar-refractivity contribution in [1.82, 2.24) is 0 Å². The van der Waals surface area contributed by atoms with Crippen molar-refractivity contribution in [1.29, 1.82) is 0 Å². The van der Waals surface area contributed by atoms with E-state index >= 15 is 0 Å². The third kappa shape index (κ3) is 2.76. The number of hydrogen-bond donors (Lipinski definition) is 1. The molecule has 0 radical (unpaired) electrons. The molecule has 0 saturated carbocycles. The zero-order valence-corrected chi connectivity index (χ0v) is 7.88. The van der Waals surface area contributed by atoms with E-state index in [1.807, 2.05) is 0 Å². The summed E-state index contributed by atoms with van der Waals surface area (Å²) < 4.78 is 36.8. The van der Waals surface area contributed by atoms with Crippen molar-refractivity contribution in [3.63, 3.8) is 0 Å². The predicted octanol–water partition coefficient (Wildman–Crippen LogP) is 3.34. The minimum Gasteiger partial charge on any atom is -0.464 e. The van der Waals surface area contributed by atoms with Crippen LogP contribution >= 0.6 is 11.6 Å². The third-order valence-electron chi connectivity index (χ3n) is 1.53. The van der Waals surface area contributed by atoms with E-state index in [4.69, 9.17) is 16.7 Å². The number of rotatable bonds is 1. The molecule has 0 aromatic heterocycles. The van der Waals surface area contributed by atoms with Crippen molar-refractivity contribution in [3.05, 3.63) is 29.3 Å². The van der Waals surface area contributed by atoms with Crippen molar-refractivity contribution in [2.45, 2.75) is 6.30 Å².